The molecule has 2 rings (SSSR count). The Morgan fingerprint density at radius 2 is 1.71 bits per heavy atom. The number of benzene rings is 2. The Hall–Kier alpha value is -2.09. The fraction of sp³-hybridized carbons (Fsp3) is 0.316. The van der Waals surface area contributed by atoms with Crippen molar-refractivity contribution in [2.75, 3.05) is 0 Å². The lowest BCUT2D eigenvalue weighted by Crippen LogP contribution is -2.05. The number of hydrogen-bond acceptors (Lipinski definition) is 1. The molecule has 1 atom stereocenters. The molecular formula is C19H22O2. The standard InChI is InChI=1S/C19H22O2/c1-15-10-12-16(13-11-15)14-18(8-5-9-19(20)21)17-6-3-2-4-7-17/h2-4,6-7,10-13,18H,5,8-9,14H2,1H3,(H,20,21). The van der Waals surface area contributed by atoms with E-state index in [4.69, 9.17) is 5.11 Å². The highest BCUT2D eigenvalue weighted by atomic mass is 16.4. The van der Waals surface area contributed by atoms with Gasteiger partial charge in [0.05, 0.1) is 0 Å². The van der Waals surface area contributed by atoms with Crippen LogP contribution in [-0.4, -0.2) is 11.1 Å². The molecule has 0 radical (unpaired) electrons. The molecule has 1 N–H and O–H groups in total. The molecule has 2 nitrogen and oxygen atoms in total. The van der Waals surface area contributed by atoms with Crippen molar-refractivity contribution in [1.82, 2.24) is 0 Å². The summed E-state index contributed by atoms with van der Waals surface area (Å²) >= 11 is 0. The third-order valence-corrected chi connectivity index (χ3v) is 3.82. The van der Waals surface area contributed by atoms with Crippen molar-refractivity contribution >= 4 is 5.97 Å². The number of aliphatic carboxylic acids is 1. The third-order valence-electron chi connectivity index (χ3n) is 3.82. The van der Waals surface area contributed by atoms with Gasteiger partial charge in [0, 0.05) is 6.42 Å². The molecule has 0 aliphatic heterocycles. The first-order valence-electron chi connectivity index (χ1n) is 7.47. The lowest BCUT2D eigenvalue weighted by molar-refractivity contribution is -0.137. The molecule has 0 aromatic heterocycles. The van der Waals surface area contributed by atoms with Gasteiger partial charge in [0.15, 0.2) is 0 Å². The molecule has 0 amide bonds. The van der Waals surface area contributed by atoms with E-state index in [-0.39, 0.29) is 6.42 Å². The normalized spacial score (nSPS) is 12.0. The SMILES string of the molecule is Cc1ccc(CC(CCCC(=O)O)c2ccccc2)cc1. The van der Waals surface area contributed by atoms with Crippen LogP contribution in [0.2, 0.25) is 0 Å². The molecule has 0 saturated carbocycles. The van der Waals surface area contributed by atoms with Crippen molar-refractivity contribution in [3.63, 3.8) is 0 Å². The van der Waals surface area contributed by atoms with Gasteiger partial charge < -0.3 is 5.11 Å². The number of hydrogen-bond donors (Lipinski definition) is 1. The largest absolute Gasteiger partial charge is 0.481 e. The maximum atomic E-state index is 10.7. The predicted molar refractivity (Wildman–Crippen MR) is 85.6 cm³/mol. The van der Waals surface area contributed by atoms with Gasteiger partial charge in [0.2, 0.25) is 0 Å². The Labute approximate surface area is 126 Å². The minimum atomic E-state index is -0.711. The number of rotatable bonds is 7. The summed E-state index contributed by atoms with van der Waals surface area (Å²) in [6.45, 7) is 2.09. The lowest BCUT2D eigenvalue weighted by Gasteiger charge is -2.17. The zero-order valence-electron chi connectivity index (χ0n) is 12.5. The van der Waals surface area contributed by atoms with Gasteiger partial charge in [-0.3, -0.25) is 4.79 Å². The lowest BCUT2D eigenvalue weighted by atomic mass is 9.87. The van der Waals surface area contributed by atoms with Crippen LogP contribution >= 0.6 is 0 Å². The van der Waals surface area contributed by atoms with Gasteiger partial charge in [0.1, 0.15) is 0 Å². The predicted octanol–water partition coefficient (Wildman–Crippen LogP) is 4.58. The van der Waals surface area contributed by atoms with Gasteiger partial charge in [-0.05, 0) is 43.2 Å². The van der Waals surface area contributed by atoms with Crippen LogP contribution in [0.5, 0.6) is 0 Å². The van der Waals surface area contributed by atoms with E-state index in [1.807, 2.05) is 6.07 Å². The first-order chi connectivity index (χ1) is 10.1. The Bertz CT molecular complexity index is 558. The van der Waals surface area contributed by atoms with E-state index in [0.717, 1.165) is 19.3 Å². The van der Waals surface area contributed by atoms with E-state index in [9.17, 15) is 4.79 Å². The Kier molecular flexibility index (Phi) is 5.56. The van der Waals surface area contributed by atoms with Gasteiger partial charge in [-0.2, -0.15) is 0 Å². The van der Waals surface area contributed by atoms with Gasteiger partial charge >= 0.3 is 5.97 Å². The van der Waals surface area contributed by atoms with Crippen LogP contribution in [0.25, 0.3) is 0 Å². The second kappa shape index (κ2) is 7.63. The Morgan fingerprint density at radius 1 is 1.05 bits per heavy atom. The summed E-state index contributed by atoms with van der Waals surface area (Å²) in [5, 5.41) is 8.82. The summed E-state index contributed by atoms with van der Waals surface area (Å²) in [5.74, 6) is -0.328. The quantitative estimate of drug-likeness (QED) is 0.807. The number of carboxylic acids is 1. The monoisotopic (exact) mass is 282 g/mol. The summed E-state index contributed by atoms with van der Waals surface area (Å²) < 4.78 is 0. The number of carboxylic acid groups (broad SMARTS) is 1. The minimum Gasteiger partial charge on any atom is -0.481 e. The second-order valence-electron chi connectivity index (χ2n) is 5.58. The number of carbonyl (C=O) groups is 1. The molecule has 0 heterocycles. The van der Waals surface area contributed by atoms with Crippen molar-refractivity contribution in [3.05, 3.63) is 71.3 Å². The molecule has 2 aromatic rings. The Morgan fingerprint density at radius 3 is 2.33 bits per heavy atom. The molecule has 0 bridgehead atoms. The van der Waals surface area contributed by atoms with E-state index in [0.29, 0.717) is 5.92 Å². The molecule has 0 spiro atoms. The minimum absolute atomic E-state index is 0.247. The average Bonchev–Trinajstić information content (AvgIpc) is 2.49. The molecule has 0 saturated heterocycles. The summed E-state index contributed by atoms with van der Waals surface area (Å²) in [5.41, 5.74) is 3.87. The molecule has 1 unspecified atom stereocenters. The molecule has 0 aliphatic carbocycles. The maximum Gasteiger partial charge on any atom is 0.303 e. The number of aryl methyl sites for hydroxylation is 1. The highest BCUT2D eigenvalue weighted by Gasteiger charge is 2.13. The molecular weight excluding hydrogens is 260 g/mol. The van der Waals surface area contributed by atoms with Crippen LogP contribution in [0.1, 0.15) is 41.9 Å². The van der Waals surface area contributed by atoms with Crippen LogP contribution in [0, 0.1) is 6.92 Å². The van der Waals surface area contributed by atoms with Crippen molar-refractivity contribution in [2.24, 2.45) is 0 Å². The fourth-order valence-corrected chi connectivity index (χ4v) is 2.62. The summed E-state index contributed by atoms with van der Waals surface area (Å²) in [4.78, 5) is 10.7. The first kappa shape index (κ1) is 15.3. The van der Waals surface area contributed by atoms with Crippen LogP contribution < -0.4 is 0 Å². The zero-order chi connectivity index (χ0) is 15.1. The first-order valence-corrected chi connectivity index (χ1v) is 7.47. The van der Waals surface area contributed by atoms with Crippen molar-refractivity contribution < 1.29 is 9.90 Å². The fourth-order valence-electron chi connectivity index (χ4n) is 2.62. The summed E-state index contributed by atoms with van der Waals surface area (Å²) in [6, 6.07) is 19.0. The highest BCUT2D eigenvalue weighted by Crippen LogP contribution is 2.26. The highest BCUT2D eigenvalue weighted by molar-refractivity contribution is 5.66. The van der Waals surface area contributed by atoms with Crippen molar-refractivity contribution in [3.8, 4) is 0 Å². The molecule has 0 fully saturated rings. The average molecular weight is 282 g/mol. The van der Waals surface area contributed by atoms with Gasteiger partial charge in [0.25, 0.3) is 0 Å². The van der Waals surface area contributed by atoms with Crippen LogP contribution in [0.3, 0.4) is 0 Å². The van der Waals surface area contributed by atoms with Crippen LogP contribution in [-0.2, 0) is 11.2 Å². The zero-order valence-corrected chi connectivity index (χ0v) is 12.5. The van der Waals surface area contributed by atoms with E-state index in [2.05, 4.69) is 55.5 Å². The van der Waals surface area contributed by atoms with E-state index >= 15 is 0 Å². The maximum absolute atomic E-state index is 10.7. The Balaban J connectivity index is 2.07. The van der Waals surface area contributed by atoms with E-state index < -0.39 is 5.97 Å². The molecule has 0 aliphatic rings. The molecule has 21 heavy (non-hydrogen) atoms. The van der Waals surface area contributed by atoms with Crippen LogP contribution in [0.15, 0.2) is 54.6 Å². The molecule has 2 aromatic carbocycles. The third kappa shape index (κ3) is 5.07. The van der Waals surface area contributed by atoms with Gasteiger partial charge in [-0.25, -0.2) is 0 Å². The van der Waals surface area contributed by atoms with Crippen LogP contribution in [0.4, 0.5) is 0 Å². The molecule has 2 heteroatoms. The van der Waals surface area contributed by atoms with Gasteiger partial charge in [-0.15, -0.1) is 0 Å². The second-order valence-corrected chi connectivity index (χ2v) is 5.58. The van der Waals surface area contributed by atoms with Gasteiger partial charge in [-0.1, -0.05) is 60.2 Å². The van der Waals surface area contributed by atoms with E-state index in [1.165, 1.54) is 16.7 Å². The molecule has 110 valence electrons. The van der Waals surface area contributed by atoms with E-state index in [1.54, 1.807) is 0 Å². The summed E-state index contributed by atoms with van der Waals surface area (Å²) in [7, 11) is 0. The smallest absolute Gasteiger partial charge is 0.303 e. The topological polar surface area (TPSA) is 37.3 Å². The summed E-state index contributed by atoms with van der Waals surface area (Å²) in [6.07, 6.45) is 2.84. The van der Waals surface area contributed by atoms with Crippen molar-refractivity contribution in [2.45, 2.75) is 38.5 Å². The van der Waals surface area contributed by atoms with Crippen molar-refractivity contribution in [1.29, 1.82) is 0 Å².